The molecule has 0 fully saturated rings. The number of halogens is 2. The van der Waals surface area contributed by atoms with Crippen LogP contribution in [0, 0.1) is 0 Å². The molecule has 0 aromatic heterocycles. The molecule has 0 heterocycles. The molecule has 3 aromatic carbocycles. The number of nitrogens with one attached hydrogen (secondary N) is 3. The Labute approximate surface area is 185 Å². The Morgan fingerprint density at radius 1 is 0.767 bits per heavy atom. The van der Waals surface area contributed by atoms with Gasteiger partial charge in [-0.15, -0.1) is 0 Å². The summed E-state index contributed by atoms with van der Waals surface area (Å²) in [5.41, 5.74) is 3.05. The van der Waals surface area contributed by atoms with Gasteiger partial charge < -0.3 is 16.0 Å². The molecular weight excluding hydrogens is 421 g/mol. The molecule has 3 N–H and O–H groups in total. The highest BCUT2D eigenvalue weighted by Crippen LogP contribution is 2.25. The van der Waals surface area contributed by atoms with Crippen molar-refractivity contribution in [1.29, 1.82) is 0 Å². The van der Waals surface area contributed by atoms with E-state index in [4.69, 9.17) is 23.2 Å². The van der Waals surface area contributed by atoms with E-state index in [0.717, 1.165) is 11.3 Å². The lowest BCUT2D eigenvalue weighted by Crippen LogP contribution is -2.21. The highest BCUT2D eigenvalue weighted by Gasteiger charge is 2.07. The summed E-state index contributed by atoms with van der Waals surface area (Å²) in [6.07, 6.45) is 1.11. The Balaban J connectivity index is 1.44. The molecular formula is C23H21Cl2N3O2. The summed E-state index contributed by atoms with van der Waals surface area (Å²) in [7, 11) is 0. The van der Waals surface area contributed by atoms with E-state index in [0.29, 0.717) is 34.3 Å². The molecule has 0 aliphatic carbocycles. The summed E-state index contributed by atoms with van der Waals surface area (Å²) < 4.78 is 0. The first-order valence-electron chi connectivity index (χ1n) is 9.42. The highest BCUT2D eigenvalue weighted by atomic mass is 35.5. The van der Waals surface area contributed by atoms with Crippen molar-refractivity contribution in [2.24, 2.45) is 0 Å². The summed E-state index contributed by atoms with van der Waals surface area (Å²) >= 11 is 12.0. The predicted octanol–water partition coefficient (Wildman–Crippen LogP) is 5.62. The highest BCUT2D eigenvalue weighted by molar-refractivity contribution is 6.35. The third-order valence-corrected chi connectivity index (χ3v) is 4.87. The number of rotatable bonds is 8. The smallest absolute Gasteiger partial charge is 0.243 e. The summed E-state index contributed by atoms with van der Waals surface area (Å²) in [6, 6.07) is 21.9. The first-order valence-corrected chi connectivity index (χ1v) is 10.2. The van der Waals surface area contributed by atoms with Crippen LogP contribution in [0.5, 0.6) is 0 Å². The van der Waals surface area contributed by atoms with Gasteiger partial charge in [-0.1, -0.05) is 53.5 Å². The average Bonchev–Trinajstić information content (AvgIpc) is 2.75. The number of aryl methyl sites for hydroxylation is 1. The molecule has 3 rings (SSSR count). The number of carbonyl (C=O) groups is 2. The molecule has 0 saturated heterocycles. The van der Waals surface area contributed by atoms with Crippen LogP contribution in [0.3, 0.4) is 0 Å². The molecule has 154 valence electrons. The third-order valence-electron chi connectivity index (χ3n) is 4.31. The number of hydrogen-bond donors (Lipinski definition) is 3. The van der Waals surface area contributed by atoms with Crippen molar-refractivity contribution in [3.8, 4) is 0 Å². The number of anilines is 3. The minimum absolute atomic E-state index is 0.0441. The Kier molecular flexibility index (Phi) is 7.71. The monoisotopic (exact) mass is 441 g/mol. The molecule has 3 aromatic rings. The summed E-state index contributed by atoms with van der Waals surface area (Å²) in [6.45, 7) is 0.0611. The van der Waals surface area contributed by atoms with Gasteiger partial charge in [-0.3, -0.25) is 9.59 Å². The van der Waals surface area contributed by atoms with Crippen LogP contribution in [-0.4, -0.2) is 18.4 Å². The van der Waals surface area contributed by atoms with Crippen molar-refractivity contribution in [2.75, 3.05) is 22.5 Å². The second-order valence-electron chi connectivity index (χ2n) is 6.64. The minimum atomic E-state index is -0.252. The molecule has 0 unspecified atom stereocenters. The average molecular weight is 442 g/mol. The fourth-order valence-corrected chi connectivity index (χ4v) is 3.10. The van der Waals surface area contributed by atoms with Gasteiger partial charge in [0.15, 0.2) is 0 Å². The minimum Gasteiger partial charge on any atom is -0.376 e. The molecule has 0 radical (unpaired) electrons. The van der Waals surface area contributed by atoms with E-state index in [2.05, 4.69) is 16.0 Å². The van der Waals surface area contributed by atoms with Crippen LogP contribution in [0.2, 0.25) is 10.0 Å². The molecule has 0 aliphatic rings. The van der Waals surface area contributed by atoms with Crippen LogP contribution >= 0.6 is 23.2 Å². The van der Waals surface area contributed by atoms with Crippen molar-refractivity contribution in [2.45, 2.75) is 12.8 Å². The molecule has 30 heavy (non-hydrogen) atoms. The Hall–Kier alpha value is -3.02. The fraction of sp³-hybridized carbons (Fsp3) is 0.130. The Bertz CT molecular complexity index is 1010. The van der Waals surface area contributed by atoms with Gasteiger partial charge in [0.2, 0.25) is 11.8 Å². The van der Waals surface area contributed by atoms with E-state index in [1.807, 2.05) is 30.3 Å². The largest absolute Gasteiger partial charge is 0.376 e. The topological polar surface area (TPSA) is 70.2 Å². The van der Waals surface area contributed by atoms with Gasteiger partial charge >= 0.3 is 0 Å². The maximum absolute atomic E-state index is 12.1. The lowest BCUT2D eigenvalue weighted by Gasteiger charge is -2.10. The Morgan fingerprint density at radius 2 is 1.47 bits per heavy atom. The van der Waals surface area contributed by atoms with Crippen molar-refractivity contribution in [1.82, 2.24) is 0 Å². The quantitative estimate of drug-likeness (QED) is 0.424. The molecule has 5 nitrogen and oxygen atoms in total. The zero-order valence-electron chi connectivity index (χ0n) is 16.1. The van der Waals surface area contributed by atoms with Crippen molar-refractivity contribution >= 4 is 52.1 Å². The summed E-state index contributed by atoms with van der Waals surface area (Å²) in [5.74, 6) is -0.296. The van der Waals surface area contributed by atoms with Gasteiger partial charge in [0.1, 0.15) is 0 Å². The van der Waals surface area contributed by atoms with Crippen LogP contribution in [0.15, 0.2) is 72.8 Å². The Morgan fingerprint density at radius 3 is 2.20 bits per heavy atom. The molecule has 0 saturated carbocycles. The number of amides is 2. The molecule has 0 spiro atoms. The van der Waals surface area contributed by atoms with Crippen LogP contribution in [0.25, 0.3) is 0 Å². The van der Waals surface area contributed by atoms with E-state index >= 15 is 0 Å². The number of benzene rings is 3. The molecule has 7 heteroatoms. The van der Waals surface area contributed by atoms with Crippen molar-refractivity contribution in [3.63, 3.8) is 0 Å². The molecule has 0 bridgehead atoms. The maximum Gasteiger partial charge on any atom is 0.243 e. The maximum atomic E-state index is 12.1. The SMILES string of the molecule is O=C(CCc1ccccc1)Nc1ccc(NCC(=O)Nc2cc(Cl)ccc2Cl)cc1. The predicted molar refractivity (Wildman–Crippen MR) is 123 cm³/mol. The number of hydrogen-bond acceptors (Lipinski definition) is 3. The van der Waals surface area contributed by atoms with E-state index in [1.54, 1.807) is 42.5 Å². The standard InChI is InChI=1S/C23H21Cl2N3O2/c24-17-7-12-20(25)21(14-17)28-23(30)15-26-18-8-10-19(11-9-18)27-22(29)13-6-16-4-2-1-3-5-16/h1-5,7-12,14,26H,6,13,15H2,(H,27,29)(H,28,30). The van der Waals surface area contributed by atoms with E-state index in [1.165, 1.54) is 0 Å². The van der Waals surface area contributed by atoms with Gasteiger partial charge in [0, 0.05) is 22.8 Å². The molecule has 0 aliphatic heterocycles. The second-order valence-corrected chi connectivity index (χ2v) is 7.48. The van der Waals surface area contributed by atoms with E-state index in [-0.39, 0.29) is 18.4 Å². The fourth-order valence-electron chi connectivity index (χ4n) is 2.77. The normalized spacial score (nSPS) is 10.3. The van der Waals surface area contributed by atoms with Gasteiger partial charge in [0.05, 0.1) is 17.3 Å². The van der Waals surface area contributed by atoms with E-state index < -0.39 is 0 Å². The lowest BCUT2D eigenvalue weighted by molar-refractivity contribution is -0.116. The first-order chi connectivity index (χ1) is 14.5. The third kappa shape index (κ3) is 6.79. The van der Waals surface area contributed by atoms with Crippen molar-refractivity contribution in [3.05, 3.63) is 88.4 Å². The van der Waals surface area contributed by atoms with E-state index in [9.17, 15) is 9.59 Å². The zero-order chi connectivity index (χ0) is 21.3. The first kappa shape index (κ1) is 21.7. The number of carbonyl (C=O) groups excluding carboxylic acids is 2. The lowest BCUT2D eigenvalue weighted by atomic mass is 10.1. The second kappa shape index (κ2) is 10.7. The van der Waals surface area contributed by atoms with Crippen LogP contribution < -0.4 is 16.0 Å². The van der Waals surface area contributed by atoms with Crippen LogP contribution in [-0.2, 0) is 16.0 Å². The van der Waals surface area contributed by atoms with Gasteiger partial charge in [0.25, 0.3) is 0 Å². The molecule has 2 amide bonds. The van der Waals surface area contributed by atoms with Crippen LogP contribution in [0.1, 0.15) is 12.0 Å². The van der Waals surface area contributed by atoms with Crippen LogP contribution in [0.4, 0.5) is 17.1 Å². The van der Waals surface area contributed by atoms with Gasteiger partial charge in [-0.25, -0.2) is 0 Å². The summed E-state index contributed by atoms with van der Waals surface area (Å²) in [4.78, 5) is 24.2. The van der Waals surface area contributed by atoms with Crippen molar-refractivity contribution < 1.29 is 9.59 Å². The zero-order valence-corrected chi connectivity index (χ0v) is 17.6. The molecule has 0 atom stereocenters. The van der Waals surface area contributed by atoms with Gasteiger partial charge in [-0.05, 0) is 54.4 Å². The van der Waals surface area contributed by atoms with Gasteiger partial charge in [-0.2, -0.15) is 0 Å². The summed E-state index contributed by atoms with van der Waals surface area (Å²) in [5, 5.41) is 9.52.